The summed E-state index contributed by atoms with van der Waals surface area (Å²) in [7, 11) is 0. The predicted molar refractivity (Wildman–Crippen MR) is 154 cm³/mol. The first-order chi connectivity index (χ1) is 19.6. The van der Waals surface area contributed by atoms with Crippen LogP contribution in [0, 0.1) is 0 Å². The molecule has 0 fully saturated rings. The number of hydrogen-bond acceptors (Lipinski definition) is 6. The number of amides is 2. The highest BCUT2D eigenvalue weighted by molar-refractivity contribution is 5.85. The smallest absolute Gasteiger partial charge is 0.326 e. The van der Waals surface area contributed by atoms with Crippen molar-refractivity contribution in [3.8, 4) is 0 Å². The zero-order valence-corrected chi connectivity index (χ0v) is 24.6. The van der Waals surface area contributed by atoms with Gasteiger partial charge in [-0.3, -0.25) is 19.2 Å². The normalized spacial score (nSPS) is 12.3. The highest BCUT2D eigenvalue weighted by Crippen LogP contribution is 2.14. The van der Waals surface area contributed by atoms with Crippen molar-refractivity contribution in [1.82, 2.24) is 10.6 Å². The van der Waals surface area contributed by atoms with Crippen LogP contribution >= 0.6 is 0 Å². The third kappa shape index (κ3) is 25.7. The number of carbonyl (C=O) groups is 6. The second-order valence-corrected chi connectivity index (χ2v) is 10.8. The summed E-state index contributed by atoms with van der Waals surface area (Å²) in [5.74, 6) is -3.99. The van der Waals surface area contributed by atoms with E-state index in [1.165, 1.54) is 57.8 Å². The van der Waals surface area contributed by atoms with Crippen LogP contribution in [0.3, 0.4) is 0 Å². The van der Waals surface area contributed by atoms with Gasteiger partial charge in [-0.05, 0) is 25.7 Å². The van der Waals surface area contributed by atoms with Crippen molar-refractivity contribution < 1.29 is 44.1 Å². The van der Waals surface area contributed by atoms with Crippen LogP contribution in [-0.4, -0.2) is 63.4 Å². The monoisotopic (exact) mass is 584 g/mol. The van der Waals surface area contributed by atoms with Crippen LogP contribution in [0.1, 0.15) is 141 Å². The summed E-state index contributed by atoms with van der Waals surface area (Å²) < 4.78 is 0. The van der Waals surface area contributed by atoms with Gasteiger partial charge >= 0.3 is 17.9 Å². The third-order valence-corrected chi connectivity index (χ3v) is 7.02. The molecule has 0 saturated heterocycles. The Balaban J connectivity index is 3.73. The Morgan fingerprint density at radius 1 is 0.488 bits per heavy atom. The Labute approximate surface area is 244 Å². The van der Waals surface area contributed by atoms with Crippen LogP contribution in [-0.2, 0) is 28.8 Å². The number of carbonyl (C=O) groups excluding carboxylic acids is 3. The lowest BCUT2D eigenvalue weighted by molar-refractivity contribution is -0.142. The van der Waals surface area contributed by atoms with Crippen molar-refractivity contribution in [1.29, 1.82) is 0 Å². The summed E-state index contributed by atoms with van der Waals surface area (Å²) in [5, 5.41) is 31.5. The molecule has 0 rings (SSSR count). The molecule has 1 unspecified atom stereocenters. The van der Waals surface area contributed by atoms with E-state index in [1.807, 2.05) is 0 Å². The molecule has 0 aromatic heterocycles. The molecule has 0 spiro atoms. The number of unbranched alkanes of at least 4 members (excludes halogenated alkanes) is 15. The molecule has 0 radical (unpaired) electrons. The van der Waals surface area contributed by atoms with E-state index in [0.29, 0.717) is 12.7 Å². The molecule has 0 aromatic rings. The molecule has 0 aliphatic rings. The lowest BCUT2D eigenvalue weighted by atomic mass is 10.0. The Hall–Kier alpha value is -2.98. The molecule has 0 aliphatic heterocycles. The molecule has 2 atom stereocenters. The molecule has 11 nitrogen and oxygen atoms in total. The van der Waals surface area contributed by atoms with Crippen molar-refractivity contribution in [2.24, 2.45) is 0 Å². The van der Waals surface area contributed by atoms with Gasteiger partial charge in [-0.15, -0.1) is 0 Å². The first-order valence-corrected chi connectivity index (χ1v) is 15.4. The van der Waals surface area contributed by atoms with Gasteiger partial charge in [0, 0.05) is 25.7 Å². The Morgan fingerprint density at radius 2 is 0.878 bits per heavy atom. The van der Waals surface area contributed by atoms with Gasteiger partial charge in [-0.2, -0.15) is 0 Å². The molecular formula is C30H52N2O9. The molecule has 0 saturated carbocycles. The van der Waals surface area contributed by atoms with Crippen LogP contribution in [0.15, 0.2) is 0 Å². The minimum atomic E-state index is -1.24. The van der Waals surface area contributed by atoms with Gasteiger partial charge in [0.05, 0.1) is 6.04 Å². The lowest BCUT2D eigenvalue weighted by Gasteiger charge is -2.16. The SMILES string of the molecule is O=C[C@H](CCC(=O)O)NC(=O)CCC(NC(=O)CCCCCCCCCCCCCCCCCCC(=O)O)C(=O)O. The van der Waals surface area contributed by atoms with Crippen molar-refractivity contribution in [3.63, 3.8) is 0 Å². The number of nitrogens with one attached hydrogen (secondary N) is 2. The highest BCUT2D eigenvalue weighted by atomic mass is 16.4. The number of hydrogen-bond donors (Lipinski definition) is 5. The molecule has 5 N–H and O–H groups in total. The maximum Gasteiger partial charge on any atom is 0.326 e. The van der Waals surface area contributed by atoms with Gasteiger partial charge < -0.3 is 30.7 Å². The maximum absolute atomic E-state index is 12.2. The second-order valence-electron chi connectivity index (χ2n) is 10.8. The van der Waals surface area contributed by atoms with Crippen molar-refractivity contribution in [2.75, 3.05) is 0 Å². The highest BCUT2D eigenvalue weighted by Gasteiger charge is 2.22. The van der Waals surface area contributed by atoms with Gasteiger partial charge in [0.1, 0.15) is 12.3 Å². The summed E-state index contributed by atoms with van der Waals surface area (Å²) in [4.78, 5) is 67.7. The number of aliphatic carboxylic acids is 3. The molecule has 2 amide bonds. The average Bonchev–Trinajstić information content (AvgIpc) is 2.92. The molecule has 41 heavy (non-hydrogen) atoms. The number of aldehydes is 1. The summed E-state index contributed by atoms with van der Waals surface area (Å²) in [6.45, 7) is 0. The Morgan fingerprint density at radius 3 is 1.27 bits per heavy atom. The molecule has 0 aliphatic carbocycles. The molecule has 236 valence electrons. The molecule has 0 bridgehead atoms. The van der Waals surface area contributed by atoms with E-state index in [-0.39, 0.29) is 44.4 Å². The van der Waals surface area contributed by atoms with Crippen molar-refractivity contribution >= 4 is 36.0 Å². The second kappa shape index (κ2) is 26.0. The van der Waals surface area contributed by atoms with Gasteiger partial charge in [-0.1, -0.05) is 89.9 Å². The van der Waals surface area contributed by atoms with Gasteiger partial charge in [0.25, 0.3) is 0 Å². The van der Waals surface area contributed by atoms with E-state index < -0.39 is 35.9 Å². The topological polar surface area (TPSA) is 187 Å². The lowest BCUT2D eigenvalue weighted by Crippen LogP contribution is -2.42. The van der Waals surface area contributed by atoms with Crippen LogP contribution in [0.25, 0.3) is 0 Å². The van der Waals surface area contributed by atoms with Crippen molar-refractivity contribution in [2.45, 2.75) is 153 Å². The van der Waals surface area contributed by atoms with Crippen LogP contribution < -0.4 is 10.6 Å². The number of carboxylic acids is 3. The van der Waals surface area contributed by atoms with Crippen LogP contribution in [0.2, 0.25) is 0 Å². The summed E-state index contributed by atoms with van der Waals surface area (Å²) in [6.07, 6.45) is 18.0. The van der Waals surface area contributed by atoms with E-state index in [2.05, 4.69) is 10.6 Å². The van der Waals surface area contributed by atoms with Crippen LogP contribution in [0.5, 0.6) is 0 Å². The summed E-state index contributed by atoms with van der Waals surface area (Å²) in [5.41, 5.74) is 0. The zero-order chi connectivity index (χ0) is 30.7. The first kappa shape index (κ1) is 38.0. The Kier molecular flexibility index (Phi) is 24.1. The quantitative estimate of drug-likeness (QED) is 0.0596. The summed E-state index contributed by atoms with van der Waals surface area (Å²) >= 11 is 0. The Bertz CT molecular complexity index is 773. The molecular weight excluding hydrogens is 532 g/mol. The molecule has 0 aromatic carbocycles. The third-order valence-electron chi connectivity index (χ3n) is 7.02. The number of rotatable bonds is 29. The maximum atomic E-state index is 12.2. The van der Waals surface area contributed by atoms with Crippen LogP contribution in [0.4, 0.5) is 0 Å². The first-order valence-electron chi connectivity index (χ1n) is 15.4. The van der Waals surface area contributed by atoms with E-state index in [1.54, 1.807) is 0 Å². The standard InChI is InChI=1S/C30H52N2O9/c33-23-24(19-22-29(38)39)31-27(35)21-20-25(30(40)41)32-26(34)17-15-13-11-9-7-5-3-1-2-4-6-8-10-12-14-16-18-28(36)37/h23-25H,1-22H2,(H,31,35)(H,32,34)(H,36,37)(H,38,39)(H,40,41)/t24-,25?/m0/s1. The minimum Gasteiger partial charge on any atom is -0.481 e. The molecule has 11 heteroatoms. The fraction of sp³-hybridized carbons (Fsp3) is 0.800. The fourth-order valence-corrected chi connectivity index (χ4v) is 4.57. The number of carboxylic acid groups (broad SMARTS) is 3. The summed E-state index contributed by atoms with van der Waals surface area (Å²) in [6, 6.07) is -2.16. The zero-order valence-electron chi connectivity index (χ0n) is 24.6. The van der Waals surface area contributed by atoms with Crippen molar-refractivity contribution in [3.05, 3.63) is 0 Å². The largest absolute Gasteiger partial charge is 0.481 e. The minimum absolute atomic E-state index is 0.0501. The van der Waals surface area contributed by atoms with Gasteiger partial charge in [-0.25, -0.2) is 4.79 Å². The van der Waals surface area contributed by atoms with E-state index >= 15 is 0 Å². The fourth-order valence-electron chi connectivity index (χ4n) is 4.57. The molecule has 0 heterocycles. The van der Waals surface area contributed by atoms with E-state index in [9.17, 15) is 33.9 Å². The average molecular weight is 585 g/mol. The van der Waals surface area contributed by atoms with E-state index in [4.69, 9.17) is 10.2 Å². The van der Waals surface area contributed by atoms with Gasteiger partial charge in [0.15, 0.2) is 0 Å². The predicted octanol–water partition coefficient (Wildman–Crippen LogP) is 4.99. The van der Waals surface area contributed by atoms with Gasteiger partial charge in [0.2, 0.25) is 11.8 Å². The van der Waals surface area contributed by atoms with E-state index in [0.717, 1.165) is 38.5 Å².